The third kappa shape index (κ3) is 2.51. The van der Waals surface area contributed by atoms with Gasteiger partial charge in [0, 0.05) is 6.42 Å². The van der Waals surface area contributed by atoms with Crippen LogP contribution in [0, 0.1) is 17.8 Å². The molecule has 0 amide bonds. The maximum atomic E-state index is 10.6. The maximum absolute atomic E-state index is 10.6. The van der Waals surface area contributed by atoms with Crippen LogP contribution < -0.4 is 4.74 Å². The largest absolute Gasteiger partial charge is 0.487 e. The second-order valence-electron chi connectivity index (χ2n) is 6.49. The number of aliphatic hydroxyl groups excluding tert-OH is 1. The van der Waals surface area contributed by atoms with Gasteiger partial charge in [-0.15, -0.1) is 0 Å². The molecule has 1 fully saturated rings. The van der Waals surface area contributed by atoms with Gasteiger partial charge in [0.1, 0.15) is 11.9 Å². The van der Waals surface area contributed by atoms with Crippen LogP contribution >= 0.6 is 0 Å². The Hall–Kier alpha value is -1.02. The molecule has 3 rings (SSSR count). The molecule has 1 aliphatic carbocycles. The van der Waals surface area contributed by atoms with Crippen LogP contribution in [0.4, 0.5) is 0 Å². The van der Waals surface area contributed by atoms with Gasteiger partial charge in [-0.05, 0) is 42.2 Å². The number of aliphatic hydroxyl groups is 1. The summed E-state index contributed by atoms with van der Waals surface area (Å²) in [6, 6.07) is 8.15. The van der Waals surface area contributed by atoms with Gasteiger partial charge < -0.3 is 9.84 Å². The first kappa shape index (κ1) is 13.0. The van der Waals surface area contributed by atoms with Crippen molar-refractivity contribution in [3.05, 3.63) is 29.8 Å². The van der Waals surface area contributed by atoms with Gasteiger partial charge in [-0.2, -0.15) is 0 Å². The summed E-state index contributed by atoms with van der Waals surface area (Å²) in [7, 11) is 0. The summed E-state index contributed by atoms with van der Waals surface area (Å²) in [4.78, 5) is 0. The Bertz CT molecular complexity index is 418. The zero-order chi connectivity index (χ0) is 13.4. The van der Waals surface area contributed by atoms with Gasteiger partial charge in [0.05, 0.1) is 6.10 Å². The van der Waals surface area contributed by atoms with Gasteiger partial charge in [0.15, 0.2) is 0 Å². The Morgan fingerprint density at radius 2 is 1.95 bits per heavy atom. The van der Waals surface area contributed by atoms with Crippen molar-refractivity contribution in [1.29, 1.82) is 0 Å². The van der Waals surface area contributed by atoms with Crippen molar-refractivity contribution in [3.63, 3.8) is 0 Å². The molecule has 2 aliphatic rings. The highest BCUT2D eigenvalue weighted by molar-refractivity contribution is 5.37. The van der Waals surface area contributed by atoms with Gasteiger partial charge >= 0.3 is 0 Å². The van der Waals surface area contributed by atoms with Crippen LogP contribution in [0.25, 0.3) is 0 Å². The van der Waals surface area contributed by atoms with Crippen molar-refractivity contribution < 1.29 is 9.84 Å². The van der Waals surface area contributed by atoms with Gasteiger partial charge in [0.2, 0.25) is 0 Å². The molecule has 1 aliphatic heterocycles. The topological polar surface area (TPSA) is 29.5 Å². The van der Waals surface area contributed by atoms with Crippen LogP contribution in [0.15, 0.2) is 24.3 Å². The first-order chi connectivity index (χ1) is 9.15. The van der Waals surface area contributed by atoms with Crippen LogP contribution in [-0.2, 0) is 6.42 Å². The molecular formula is C17H24O2. The maximum Gasteiger partial charge on any atom is 0.129 e. The predicted molar refractivity (Wildman–Crippen MR) is 76.2 cm³/mol. The SMILES string of the molecule is CC1CCC(C(O)C2Cc3ccccc3O2)CC1C. The fraction of sp³-hybridized carbons (Fsp3) is 0.647. The summed E-state index contributed by atoms with van der Waals surface area (Å²) >= 11 is 0. The van der Waals surface area contributed by atoms with Gasteiger partial charge in [0.25, 0.3) is 0 Å². The smallest absolute Gasteiger partial charge is 0.129 e. The van der Waals surface area contributed by atoms with E-state index < -0.39 is 0 Å². The zero-order valence-electron chi connectivity index (χ0n) is 11.9. The zero-order valence-corrected chi connectivity index (χ0v) is 11.9. The summed E-state index contributed by atoms with van der Waals surface area (Å²) in [6.45, 7) is 4.64. The molecule has 1 N–H and O–H groups in total. The molecule has 0 bridgehead atoms. The molecule has 0 aromatic heterocycles. The van der Waals surface area contributed by atoms with Crippen LogP contribution in [0.5, 0.6) is 5.75 Å². The first-order valence-corrected chi connectivity index (χ1v) is 7.57. The summed E-state index contributed by atoms with van der Waals surface area (Å²) in [5.41, 5.74) is 1.24. The van der Waals surface area contributed by atoms with Gasteiger partial charge in [-0.1, -0.05) is 38.5 Å². The number of para-hydroxylation sites is 1. The number of hydrogen-bond donors (Lipinski definition) is 1. The van der Waals surface area contributed by atoms with E-state index in [4.69, 9.17) is 4.74 Å². The van der Waals surface area contributed by atoms with Crippen molar-refractivity contribution in [2.45, 2.75) is 51.7 Å². The predicted octanol–water partition coefficient (Wildman–Crippen LogP) is 3.42. The van der Waals surface area contributed by atoms with Gasteiger partial charge in [-0.25, -0.2) is 0 Å². The minimum Gasteiger partial charge on any atom is -0.487 e. The van der Waals surface area contributed by atoms with E-state index in [1.54, 1.807) is 0 Å². The average Bonchev–Trinajstić information content (AvgIpc) is 2.85. The normalized spacial score (nSPS) is 35.5. The van der Waals surface area contributed by atoms with Crippen LogP contribution in [0.2, 0.25) is 0 Å². The van der Waals surface area contributed by atoms with Crippen molar-refractivity contribution >= 4 is 0 Å². The lowest BCUT2D eigenvalue weighted by Gasteiger charge is -2.36. The van der Waals surface area contributed by atoms with E-state index in [2.05, 4.69) is 19.9 Å². The van der Waals surface area contributed by atoms with E-state index in [0.717, 1.165) is 36.8 Å². The minimum absolute atomic E-state index is 0.0389. The van der Waals surface area contributed by atoms with Crippen LogP contribution in [0.3, 0.4) is 0 Å². The molecule has 1 aromatic rings. The summed E-state index contributed by atoms with van der Waals surface area (Å²) in [5, 5.41) is 10.6. The molecule has 5 atom stereocenters. The second-order valence-corrected chi connectivity index (χ2v) is 6.49. The molecule has 1 heterocycles. The lowest BCUT2D eigenvalue weighted by molar-refractivity contribution is -0.0168. The van der Waals surface area contributed by atoms with E-state index in [1.165, 1.54) is 12.0 Å². The molecule has 2 nitrogen and oxygen atoms in total. The molecule has 0 spiro atoms. The average molecular weight is 260 g/mol. The lowest BCUT2D eigenvalue weighted by Crippen LogP contribution is -2.39. The van der Waals surface area contributed by atoms with Gasteiger partial charge in [-0.3, -0.25) is 0 Å². The van der Waals surface area contributed by atoms with E-state index >= 15 is 0 Å². The molecule has 0 radical (unpaired) electrons. The van der Waals surface area contributed by atoms with Crippen molar-refractivity contribution in [1.82, 2.24) is 0 Å². The summed E-state index contributed by atoms with van der Waals surface area (Å²) < 4.78 is 5.93. The summed E-state index contributed by atoms with van der Waals surface area (Å²) in [6.07, 6.45) is 4.02. The molecule has 1 aromatic carbocycles. The Morgan fingerprint density at radius 3 is 2.68 bits per heavy atom. The van der Waals surface area contributed by atoms with E-state index in [1.807, 2.05) is 18.2 Å². The highest BCUT2D eigenvalue weighted by Crippen LogP contribution is 2.38. The first-order valence-electron chi connectivity index (χ1n) is 7.57. The number of ether oxygens (including phenoxy) is 1. The molecule has 5 unspecified atom stereocenters. The molecule has 1 saturated carbocycles. The molecule has 19 heavy (non-hydrogen) atoms. The Kier molecular flexibility index (Phi) is 3.53. The highest BCUT2D eigenvalue weighted by Gasteiger charge is 2.37. The highest BCUT2D eigenvalue weighted by atomic mass is 16.5. The minimum atomic E-state index is -0.317. The Morgan fingerprint density at radius 1 is 1.16 bits per heavy atom. The molecule has 2 heteroatoms. The quantitative estimate of drug-likeness (QED) is 0.883. The Labute approximate surface area is 115 Å². The fourth-order valence-electron chi connectivity index (χ4n) is 3.60. The van der Waals surface area contributed by atoms with Crippen LogP contribution in [0.1, 0.15) is 38.7 Å². The van der Waals surface area contributed by atoms with Crippen molar-refractivity contribution in [2.24, 2.45) is 17.8 Å². The van der Waals surface area contributed by atoms with E-state index in [9.17, 15) is 5.11 Å². The molecule has 0 saturated heterocycles. The summed E-state index contributed by atoms with van der Waals surface area (Å²) in [5.74, 6) is 2.89. The number of hydrogen-bond acceptors (Lipinski definition) is 2. The number of fused-ring (bicyclic) bond motifs is 1. The van der Waals surface area contributed by atoms with Crippen molar-refractivity contribution in [2.75, 3.05) is 0 Å². The monoisotopic (exact) mass is 260 g/mol. The Balaban J connectivity index is 1.65. The van der Waals surface area contributed by atoms with E-state index in [0.29, 0.717) is 5.92 Å². The number of rotatable bonds is 2. The second kappa shape index (κ2) is 5.16. The third-order valence-corrected chi connectivity index (χ3v) is 5.17. The van der Waals surface area contributed by atoms with Crippen LogP contribution in [-0.4, -0.2) is 17.3 Å². The number of benzene rings is 1. The molecular weight excluding hydrogens is 236 g/mol. The third-order valence-electron chi connectivity index (χ3n) is 5.17. The standard InChI is InChI=1S/C17H24O2/c1-11-7-8-14(9-12(11)2)17(18)16-10-13-5-3-4-6-15(13)19-16/h3-6,11-12,14,16-18H,7-10H2,1-2H3. The lowest BCUT2D eigenvalue weighted by atomic mass is 9.73. The molecule has 104 valence electrons. The fourth-order valence-corrected chi connectivity index (χ4v) is 3.60. The van der Waals surface area contributed by atoms with E-state index in [-0.39, 0.29) is 12.2 Å². The van der Waals surface area contributed by atoms with Crippen molar-refractivity contribution in [3.8, 4) is 5.75 Å².